The number of hydrogen-bond acceptors (Lipinski definition) is 2. The predicted molar refractivity (Wildman–Crippen MR) is 102 cm³/mol. The maximum absolute atomic E-state index is 12.9. The second kappa shape index (κ2) is 8.60. The van der Waals surface area contributed by atoms with Gasteiger partial charge in [0.15, 0.2) is 5.11 Å². The minimum absolute atomic E-state index is 0.149. The van der Waals surface area contributed by atoms with E-state index < -0.39 is 11.7 Å². The van der Waals surface area contributed by atoms with Crippen molar-refractivity contribution in [3.8, 4) is 5.75 Å². The first-order chi connectivity index (χ1) is 12.2. The summed E-state index contributed by atoms with van der Waals surface area (Å²) in [7, 11) is 0. The van der Waals surface area contributed by atoms with Gasteiger partial charge in [-0.1, -0.05) is 29.8 Å². The number of benzene rings is 2. The van der Waals surface area contributed by atoms with Gasteiger partial charge in [-0.25, -0.2) is 0 Å². The lowest BCUT2D eigenvalue weighted by molar-refractivity contribution is -0.137. The molecule has 2 rings (SSSR count). The summed E-state index contributed by atoms with van der Waals surface area (Å²) in [6.45, 7) is 4.15. The minimum Gasteiger partial charge on any atom is -0.491 e. The summed E-state index contributed by atoms with van der Waals surface area (Å²) in [4.78, 5) is 0. The summed E-state index contributed by atoms with van der Waals surface area (Å²) in [5, 5.41) is 5.54. The number of aryl methyl sites for hydroxylation is 1. The zero-order valence-corrected chi connectivity index (χ0v) is 15.7. The van der Waals surface area contributed by atoms with E-state index >= 15 is 0 Å². The Morgan fingerprint density at radius 1 is 1.23 bits per heavy atom. The molecule has 0 aliphatic rings. The first-order valence-corrected chi connectivity index (χ1v) is 8.58. The van der Waals surface area contributed by atoms with E-state index in [0.29, 0.717) is 6.61 Å². The normalized spacial score (nSPS) is 12.4. The van der Waals surface area contributed by atoms with Crippen LogP contribution in [-0.4, -0.2) is 17.8 Å². The van der Waals surface area contributed by atoms with Crippen LogP contribution >= 0.6 is 23.8 Å². The van der Waals surface area contributed by atoms with Crippen molar-refractivity contribution in [1.29, 1.82) is 0 Å². The van der Waals surface area contributed by atoms with Gasteiger partial charge in [-0.15, -0.1) is 0 Å². The number of halogens is 4. The van der Waals surface area contributed by atoms with Crippen LogP contribution in [0.4, 0.5) is 18.9 Å². The number of anilines is 1. The Labute approximate surface area is 160 Å². The van der Waals surface area contributed by atoms with Crippen molar-refractivity contribution in [2.75, 3.05) is 11.9 Å². The van der Waals surface area contributed by atoms with E-state index in [2.05, 4.69) is 10.6 Å². The highest BCUT2D eigenvalue weighted by Gasteiger charge is 2.33. The smallest absolute Gasteiger partial charge is 0.417 e. The van der Waals surface area contributed by atoms with Crippen molar-refractivity contribution in [2.45, 2.75) is 26.1 Å². The second-order valence-electron chi connectivity index (χ2n) is 5.77. The summed E-state index contributed by atoms with van der Waals surface area (Å²) in [6, 6.07) is 11.0. The number of nitrogens with one attached hydrogen (secondary N) is 2. The second-order valence-corrected chi connectivity index (χ2v) is 6.58. The summed E-state index contributed by atoms with van der Waals surface area (Å²) in [5.74, 6) is 0.771. The Hall–Kier alpha value is -1.99. The molecule has 0 radical (unpaired) electrons. The molecule has 2 N–H and O–H groups in total. The van der Waals surface area contributed by atoms with Crippen LogP contribution in [0.3, 0.4) is 0 Å². The van der Waals surface area contributed by atoms with Crippen LogP contribution in [0.5, 0.6) is 5.75 Å². The third-order valence-electron chi connectivity index (χ3n) is 3.49. The molecule has 140 valence electrons. The zero-order chi connectivity index (χ0) is 19.3. The Kier molecular flexibility index (Phi) is 6.72. The minimum atomic E-state index is -4.53. The summed E-state index contributed by atoms with van der Waals surface area (Å²) in [5.41, 5.74) is 0.301. The highest BCUT2D eigenvalue weighted by Crippen LogP contribution is 2.36. The monoisotopic (exact) mass is 402 g/mol. The molecule has 26 heavy (non-hydrogen) atoms. The predicted octanol–water partition coefficient (Wildman–Crippen LogP) is 5.42. The molecule has 0 aliphatic carbocycles. The van der Waals surface area contributed by atoms with Gasteiger partial charge in [0.2, 0.25) is 0 Å². The van der Waals surface area contributed by atoms with Crippen LogP contribution in [0.1, 0.15) is 18.1 Å². The van der Waals surface area contributed by atoms with Crippen molar-refractivity contribution in [2.24, 2.45) is 0 Å². The highest BCUT2D eigenvalue weighted by molar-refractivity contribution is 7.80. The molecule has 0 amide bonds. The number of alkyl halides is 3. The molecule has 0 aromatic heterocycles. The number of para-hydroxylation sites is 1. The molecule has 2 aromatic carbocycles. The van der Waals surface area contributed by atoms with Crippen LogP contribution in [0.15, 0.2) is 42.5 Å². The van der Waals surface area contributed by atoms with Crippen molar-refractivity contribution < 1.29 is 17.9 Å². The number of hydrogen-bond donors (Lipinski definition) is 2. The first kappa shape index (κ1) is 20.3. The van der Waals surface area contributed by atoms with Crippen molar-refractivity contribution >= 4 is 34.6 Å². The lowest BCUT2D eigenvalue weighted by Gasteiger charge is -2.19. The summed E-state index contributed by atoms with van der Waals surface area (Å²) < 4.78 is 44.4. The molecule has 2 aromatic rings. The molecule has 0 saturated heterocycles. The molecule has 0 bridgehead atoms. The molecule has 8 heteroatoms. The van der Waals surface area contributed by atoms with Crippen molar-refractivity contribution in [3.63, 3.8) is 0 Å². The van der Waals surface area contributed by atoms with Crippen LogP contribution in [0, 0.1) is 6.92 Å². The molecule has 1 atom stereocenters. The fourth-order valence-electron chi connectivity index (χ4n) is 2.19. The van der Waals surface area contributed by atoms with Crippen molar-refractivity contribution in [1.82, 2.24) is 5.32 Å². The molecule has 0 saturated carbocycles. The Morgan fingerprint density at radius 3 is 2.58 bits per heavy atom. The molecule has 0 fully saturated rings. The van der Waals surface area contributed by atoms with E-state index in [-0.39, 0.29) is 21.9 Å². The lowest BCUT2D eigenvalue weighted by atomic mass is 10.2. The quantitative estimate of drug-likeness (QED) is 0.654. The molecule has 0 aliphatic heterocycles. The van der Waals surface area contributed by atoms with E-state index in [1.165, 1.54) is 12.1 Å². The molecule has 3 nitrogen and oxygen atoms in total. The Balaban J connectivity index is 1.91. The first-order valence-electron chi connectivity index (χ1n) is 7.79. The van der Waals surface area contributed by atoms with Gasteiger partial charge >= 0.3 is 6.18 Å². The average Bonchev–Trinajstić information content (AvgIpc) is 2.54. The van der Waals surface area contributed by atoms with Crippen LogP contribution in [0.25, 0.3) is 0 Å². The number of thiocarbonyl (C=S) groups is 1. The molecule has 0 spiro atoms. The highest BCUT2D eigenvalue weighted by atomic mass is 35.5. The Bertz CT molecular complexity index is 783. The molecular weight excluding hydrogens is 385 g/mol. The van der Waals surface area contributed by atoms with Gasteiger partial charge in [0.25, 0.3) is 0 Å². The molecule has 0 heterocycles. The van der Waals surface area contributed by atoms with Gasteiger partial charge in [-0.2, -0.15) is 13.2 Å². The van der Waals surface area contributed by atoms with E-state index in [1.54, 1.807) is 0 Å². The average molecular weight is 403 g/mol. The van der Waals surface area contributed by atoms with Crippen LogP contribution in [-0.2, 0) is 6.18 Å². The van der Waals surface area contributed by atoms with Crippen molar-refractivity contribution in [3.05, 3.63) is 58.6 Å². The van der Waals surface area contributed by atoms with Gasteiger partial charge in [-0.05, 0) is 55.9 Å². The van der Waals surface area contributed by atoms with Gasteiger partial charge in [0, 0.05) is 5.69 Å². The lowest BCUT2D eigenvalue weighted by Crippen LogP contribution is -2.39. The summed E-state index contributed by atoms with van der Waals surface area (Å²) >= 11 is 10.7. The van der Waals surface area contributed by atoms with Gasteiger partial charge in [-0.3, -0.25) is 0 Å². The maximum atomic E-state index is 12.9. The largest absolute Gasteiger partial charge is 0.491 e. The SMILES string of the molecule is Cc1ccccc1OC[C@@H](C)NC(=S)Nc1ccc(Cl)c(C(F)(F)F)c1. The third-order valence-corrected chi connectivity index (χ3v) is 4.04. The zero-order valence-electron chi connectivity index (χ0n) is 14.2. The Morgan fingerprint density at radius 2 is 1.92 bits per heavy atom. The van der Waals surface area contributed by atoms with Gasteiger partial charge in [0.1, 0.15) is 12.4 Å². The van der Waals surface area contributed by atoms with E-state index in [4.69, 9.17) is 28.6 Å². The maximum Gasteiger partial charge on any atom is 0.417 e. The van der Waals surface area contributed by atoms with Crippen LogP contribution in [0.2, 0.25) is 5.02 Å². The number of rotatable bonds is 5. The van der Waals surface area contributed by atoms with E-state index in [9.17, 15) is 13.2 Å². The molecular formula is C18H18ClF3N2OS. The third kappa shape index (κ3) is 5.78. The van der Waals surface area contributed by atoms with Gasteiger partial charge < -0.3 is 15.4 Å². The van der Waals surface area contributed by atoms with E-state index in [0.717, 1.165) is 17.4 Å². The topological polar surface area (TPSA) is 33.3 Å². The fourth-order valence-corrected chi connectivity index (χ4v) is 2.73. The summed E-state index contributed by atoms with van der Waals surface area (Å²) in [6.07, 6.45) is -4.53. The number of ether oxygens (including phenoxy) is 1. The van der Waals surface area contributed by atoms with Crippen LogP contribution < -0.4 is 15.4 Å². The van der Waals surface area contributed by atoms with E-state index in [1.807, 2.05) is 38.1 Å². The fraction of sp³-hybridized carbons (Fsp3) is 0.278. The molecule has 0 unspecified atom stereocenters. The van der Waals surface area contributed by atoms with Gasteiger partial charge in [0.05, 0.1) is 16.6 Å². The standard InChI is InChI=1S/C18H18ClF3N2OS/c1-11-5-3-4-6-16(11)25-10-12(2)23-17(26)24-13-7-8-15(19)14(9-13)18(20,21)22/h3-9,12H,10H2,1-2H3,(H2,23,24,26)/t12-/m1/s1.